The van der Waals surface area contributed by atoms with Crippen molar-refractivity contribution in [3.05, 3.63) is 66.0 Å². The fourth-order valence-corrected chi connectivity index (χ4v) is 3.80. The minimum atomic E-state index is -4.42. The lowest BCUT2D eigenvalue weighted by molar-refractivity contribution is -0.176. The van der Waals surface area contributed by atoms with Crippen molar-refractivity contribution >= 4 is 17.6 Å². The molecule has 2 heterocycles. The number of rotatable bonds is 8. The number of benzene rings is 2. The van der Waals surface area contributed by atoms with Gasteiger partial charge in [0.15, 0.2) is 5.82 Å². The van der Waals surface area contributed by atoms with Gasteiger partial charge in [0.2, 0.25) is 11.8 Å². The molecular weight excluding hydrogens is 468 g/mol. The number of nitrogens with zero attached hydrogens (tertiary/aromatic N) is 2. The third kappa shape index (κ3) is 6.66. The summed E-state index contributed by atoms with van der Waals surface area (Å²) in [6.45, 7) is -1.16. The largest absolute Gasteiger partial charge is 0.411 e. The monoisotopic (exact) mass is 490 g/mol. The van der Waals surface area contributed by atoms with Crippen molar-refractivity contribution in [2.75, 3.05) is 18.5 Å². The second-order valence-electron chi connectivity index (χ2n) is 8.24. The van der Waals surface area contributed by atoms with E-state index < -0.39 is 18.6 Å². The van der Waals surface area contributed by atoms with Crippen molar-refractivity contribution in [3.63, 3.8) is 0 Å². The topological polar surface area (TPSA) is 85.2 Å². The molecule has 1 atom stereocenters. The average Bonchev–Trinajstić information content (AvgIpc) is 3.39. The number of ether oxygens (including phenoxy) is 1. The highest BCUT2D eigenvalue weighted by atomic mass is 19.4. The van der Waals surface area contributed by atoms with Gasteiger partial charge in [-0.15, -0.1) is 5.10 Å². The lowest BCUT2D eigenvalue weighted by atomic mass is 10.0. The maximum Gasteiger partial charge on any atom is 0.411 e. The number of hydrogen-bond donors (Lipinski definition) is 2. The van der Waals surface area contributed by atoms with Crippen LogP contribution in [0.2, 0.25) is 0 Å². The van der Waals surface area contributed by atoms with Crippen LogP contribution < -0.4 is 10.6 Å². The van der Waals surface area contributed by atoms with Crippen LogP contribution in [0, 0.1) is 11.7 Å². The predicted molar refractivity (Wildman–Crippen MR) is 119 cm³/mol. The molecule has 0 radical (unpaired) electrons. The second kappa shape index (κ2) is 10.3. The van der Waals surface area contributed by atoms with Crippen molar-refractivity contribution in [3.8, 4) is 16.9 Å². The van der Waals surface area contributed by atoms with Crippen LogP contribution >= 0.6 is 0 Å². The Labute approximate surface area is 198 Å². The minimum absolute atomic E-state index is 0.0928. The quantitative estimate of drug-likeness (QED) is 0.463. The molecule has 1 aromatic heterocycles. The van der Waals surface area contributed by atoms with Gasteiger partial charge in [-0.05, 0) is 41.8 Å². The van der Waals surface area contributed by atoms with Crippen molar-refractivity contribution in [2.24, 2.45) is 5.92 Å². The van der Waals surface area contributed by atoms with E-state index in [1.807, 2.05) is 0 Å². The number of halogens is 4. The van der Waals surface area contributed by atoms with Gasteiger partial charge in [-0.3, -0.25) is 9.59 Å². The van der Waals surface area contributed by atoms with E-state index in [4.69, 9.17) is 4.74 Å². The van der Waals surface area contributed by atoms with Gasteiger partial charge in [-0.2, -0.15) is 13.2 Å². The lowest BCUT2D eigenvalue weighted by Crippen LogP contribution is -2.19. The number of carbonyl (C=O) groups is 2. The van der Waals surface area contributed by atoms with E-state index >= 15 is 0 Å². The molecule has 7 nitrogen and oxygen atoms in total. The van der Waals surface area contributed by atoms with Crippen LogP contribution in [0.15, 0.2) is 54.6 Å². The minimum Gasteiger partial charge on any atom is -0.367 e. The van der Waals surface area contributed by atoms with Gasteiger partial charge in [-0.1, -0.05) is 18.2 Å². The van der Waals surface area contributed by atoms with Crippen LogP contribution in [0.5, 0.6) is 0 Å². The molecule has 11 heteroatoms. The van der Waals surface area contributed by atoms with Crippen molar-refractivity contribution < 1.29 is 31.9 Å². The van der Waals surface area contributed by atoms with Gasteiger partial charge in [0, 0.05) is 31.0 Å². The van der Waals surface area contributed by atoms with Gasteiger partial charge in [0.05, 0.1) is 18.0 Å². The second-order valence-corrected chi connectivity index (χ2v) is 8.24. The Hall–Kier alpha value is -3.73. The van der Waals surface area contributed by atoms with Gasteiger partial charge in [0.25, 0.3) is 0 Å². The van der Waals surface area contributed by atoms with Gasteiger partial charge < -0.3 is 15.4 Å². The third-order valence-electron chi connectivity index (χ3n) is 5.34. The first kappa shape index (κ1) is 24.4. The number of anilines is 1. The van der Waals surface area contributed by atoms with E-state index in [9.17, 15) is 27.2 Å². The Morgan fingerprint density at radius 2 is 1.94 bits per heavy atom. The van der Waals surface area contributed by atoms with E-state index in [2.05, 4.69) is 15.7 Å². The molecule has 0 aliphatic carbocycles. The summed E-state index contributed by atoms with van der Waals surface area (Å²) in [5.74, 6) is -0.694. The van der Waals surface area contributed by atoms with Gasteiger partial charge >= 0.3 is 6.18 Å². The molecule has 3 aromatic rings. The molecular formula is C24H22F4N4O3. The summed E-state index contributed by atoms with van der Waals surface area (Å²) < 4.78 is 57.0. The molecule has 1 saturated heterocycles. The van der Waals surface area contributed by atoms with Crippen molar-refractivity contribution in [1.29, 1.82) is 0 Å². The SMILES string of the molecule is O=C1CC(CC(=O)Nc2cc(-c3cccc(COCC(F)(F)F)c3)n(-c3ccc(F)cc3)n2)CN1. The summed E-state index contributed by atoms with van der Waals surface area (Å²) in [7, 11) is 0. The molecule has 2 aromatic carbocycles. The zero-order valence-electron chi connectivity index (χ0n) is 18.4. The number of amides is 2. The van der Waals surface area contributed by atoms with Crippen LogP contribution in [-0.2, 0) is 20.9 Å². The Kier molecular flexibility index (Phi) is 7.15. The average molecular weight is 490 g/mol. The smallest absolute Gasteiger partial charge is 0.367 e. The maximum atomic E-state index is 13.5. The first-order valence-electron chi connectivity index (χ1n) is 10.8. The predicted octanol–water partition coefficient (Wildman–Crippen LogP) is 4.22. The zero-order valence-corrected chi connectivity index (χ0v) is 18.4. The Bertz CT molecular complexity index is 1210. The van der Waals surface area contributed by atoms with Crippen LogP contribution in [-0.4, -0.2) is 40.9 Å². The van der Waals surface area contributed by atoms with Crippen LogP contribution in [0.1, 0.15) is 18.4 Å². The van der Waals surface area contributed by atoms with Crippen LogP contribution in [0.3, 0.4) is 0 Å². The van der Waals surface area contributed by atoms with E-state index in [0.717, 1.165) is 0 Å². The Balaban J connectivity index is 1.58. The fourth-order valence-electron chi connectivity index (χ4n) is 3.80. The van der Waals surface area contributed by atoms with Gasteiger partial charge in [0.1, 0.15) is 12.4 Å². The molecule has 1 fully saturated rings. The molecule has 2 amide bonds. The number of aromatic nitrogens is 2. The first-order valence-corrected chi connectivity index (χ1v) is 10.8. The van der Waals surface area contributed by atoms with Gasteiger partial charge in [-0.25, -0.2) is 9.07 Å². The summed E-state index contributed by atoms with van der Waals surface area (Å²) >= 11 is 0. The van der Waals surface area contributed by atoms with Crippen molar-refractivity contribution in [1.82, 2.24) is 15.1 Å². The molecule has 2 N–H and O–H groups in total. The molecule has 1 aliphatic heterocycles. The van der Waals surface area contributed by atoms with Crippen molar-refractivity contribution in [2.45, 2.75) is 25.6 Å². The lowest BCUT2D eigenvalue weighted by Gasteiger charge is -2.10. The van der Waals surface area contributed by atoms with E-state index in [0.29, 0.717) is 29.1 Å². The normalized spacial score (nSPS) is 15.8. The summed E-state index contributed by atoms with van der Waals surface area (Å²) in [6.07, 6.45) is -4.00. The fraction of sp³-hybridized carbons (Fsp3) is 0.292. The number of carbonyl (C=O) groups excluding carboxylic acids is 2. The standard InChI is InChI=1S/C24H22F4N4O3/c25-18-4-6-19(7-5-18)32-20(17-3-1-2-15(8-17)13-35-14-24(26,27)28)11-21(31-32)30-23(34)10-16-9-22(33)29-12-16/h1-8,11,16H,9-10,12-14H2,(H,29,33)(H,30,31,34). The molecule has 35 heavy (non-hydrogen) atoms. The summed E-state index contributed by atoms with van der Waals surface area (Å²) in [4.78, 5) is 23.9. The molecule has 4 rings (SSSR count). The number of nitrogens with one attached hydrogen (secondary N) is 2. The molecule has 0 bridgehead atoms. The third-order valence-corrected chi connectivity index (χ3v) is 5.34. The van der Waals surface area contributed by atoms with E-state index in [1.54, 1.807) is 30.3 Å². The molecule has 1 aliphatic rings. The molecule has 0 spiro atoms. The van der Waals surface area contributed by atoms with E-state index in [-0.39, 0.29) is 43.0 Å². The molecule has 0 saturated carbocycles. The van der Waals surface area contributed by atoms with Crippen LogP contribution in [0.4, 0.5) is 23.4 Å². The highest BCUT2D eigenvalue weighted by Crippen LogP contribution is 2.28. The van der Waals surface area contributed by atoms with E-state index in [1.165, 1.54) is 28.9 Å². The number of alkyl halides is 3. The first-order chi connectivity index (χ1) is 16.7. The Morgan fingerprint density at radius 3 is 2.63 bits per heavy atom. The molecule has 1 unspecified atom stereocenters. The summed E-state index contributed by atoms with van der Waals surface area (Å²) in [5.41, 5.74) is 2.18. The summed E-state index contributed by atoms with van der Waals surface area (Å²) in [5, 5.41) is 9.85. The highest BCUT2D eigenvalue weighted by Gasteiger charge is 2.27. The molecule has 184 valence electrons. The zero-order chi connectivity index (χ0) is 25.0. The number of hydrogen-bond acceptors (Lipinski definition) is 4. The van der Waals surface area contributed by atoms with Crippen LogP contribution in [0.25, 0.3) is 16.9 Å². The maximum absolute atomic E-state index is 13.5. The highest BCUT2D eigenvalue weighted by molar-refractivity contribution is 5.91. The summed E-state index contributed by atoms with van der Waals surface area (Å²) in [6, 6.07) is 13.9. The Morgan fingerprint density at radius 1 is 1.17 bits per heavy atom.